The number of nitrogens with zero attached hydrogens (tertiary/aromatic N) is 1. The van der Waals surface area contributed by atoms with E-state index in [4.69, 9.17) is 5.11 Å². The standard InChI is InChI=1S/C16H16N2O3/c1-11-14(6-3-8-17-11)15(19)18-9-7-12-4-2-5-13(10-12)16(20)21/h2-6,8,10H,7,9H2,1H3,(H,18,19)(H,20,21). The third-order valence-electron chi connectivity index (χ3n) is 3.12. The Hall–Kier alpha value is -2.69. The first-order chi connectivity index (χ1) is 10.1. The van der Waals surface area contributed by atoms with Crippen LogP contribution in [0.3, 0.4) is 0 Å². The minimum atomic E-state index is -0.952. The smallest absolute Gasteiger partial charge is 0.335 e. The third kappa shape index (κ3) is 3.89. The van der Waals surface area contributed by atoms with Crippen LogP contribution in [-0.4, -0.2) is 28.5 Å². The van der Waals surface area contributed by atoms with E-state index in [-0.39, 0.29) is 11.5 Å². The first kappa shape index (κ1) is 14.7. The van der Waals surface area contributed by atoms with Gasteiger partial charge >= 0.3 is 5.97 Å². The van der Waals surface area contributed by atoms with Crippen LogP contribution in [0.15, 0.2) is 42.6 Å². The van der Waals surface area contributed by atoms with E-state index < -0.39 is 5.97 Å². The van der Waals surface area contributed by atoms with Crippen LogP contribution in [0.2, 0.25) is 0 Å². The van der Waals surface area contributed by atoms with Crippen LogP contribution in [0.25, 0.3) is 0 Å². The number of hydrogen-bond donors (Lipinski definition) is 2. The summed E-state index contributed by atoms with van der Waals surface area (Å²) in [5.41, 5.74) is 2.36. The third-order valence-corrected chi connectivity index (χ3v) is 3.12. The largest absolute Gasteiger partial charge is 0.478 e. The number of carboxylic acid groups (broad SMARTS) is 1. The van der Waals surface area contributed by atoms with Gasteiger partial charge in [0.2, 0.25) is 0 Å². The van der Waals surface area contributed by atoms with E-state index in [2.05, 4.69) is 10.3 Å². The molecule has 0 atom stereocenters. The van der Waals surface area contributed by atoms with Crippen molar-refractivity contribution in [3.8, 4) is 0 Å². The molecule has 0 fully saturated rings. The number of carbonyl (C=O) groups is 2. The highest BCUT2D eigenvalue weighted by atomic mass is 16.4. The van der Waals surface area contributed by atoms with E-state index in [1.54, 1.807) is 43.5 Å². The number of rotatable bonds is 5. The molecule has 0 radical (unpaired) electrons. The summed E-state index contributed by atoms with van der Waals surface area (Å²) in [6.45, 7) is 2.22. The zero-order chi connectivity index (χ0) is 15.2. The van der Waals surface area contributed by atoms with Crippen molar-refractivity contribution in [3.05, 3.63) is 65.0 Å². The Labute approximate surface area is 122 Å². The molecule has 0 aliphatic heterocycles. The SMILES string of the molecule is Cc1ncccc1C(=O)NCCc1cccc(C(=O)O)c1. The topological polar surface area (TPSA) is 79.3 Å². The van der Waals surface area contributed by atoms with Crippen LogP contribution < -0.4 is 5.32 Å². The lowest BCUT2D eigenvalue weighted by Crippen LogP contribution is -2.26. The monoisotopic (exact) mass is 284 g/mol. The number of aromatic nitrogens is 1. The van der Waals surface area contributed by atoms with Crippen LogP contribution in [0.5, 0.6) is 0 Å². The molecule has 5 nitrogen and oxygen atoms in total. The van der Waals surface area contributed by atoms with Crippen molar-refractivity contribution < 1.29 is 14.7 Å². The number of nitrogens with one attached hydrogen (secondary N) is 1. The molecule has 0 aliphatic carbocycles. The van der Waals surface area contributed by atoms with Gasteiger partial charge in [-0.25, -0.2) is 4.79 Å². The molecule has 1 heterocycles. The Morgan fingerprint density at radius 2 is 2.05 bits per heavy atom. The average Bonchev–Trinajstić information content (AvgIpc) is 2.48. The van der Waals surface area contributed by atoms with Crippen LogP contribution in [0, 0.1) is 6.92 Å². The maximum atomic E-state index is 12.0. The molecule has 2 aromatic rings. The van der Waals surface area contributed by atoms with E-state index in [0.29, 0.717) is 24.2 Å². The summed E-state index contributed by atoms with van der Waals surface area (Å²) < 4.78 is 0. The van der Waals surface area contributed by atoms with Crippen molar-refractivity contribution in [3.63, 3.8) is 0 Å². The van der Waals surface area contributed by atoms with Crippen molar-refractivity contribution in [2.75, 3.05) is 6.54 Å². The zero-order valence-electron chi connectivity index (χ0n) is 11.7. The average molecular weight is 284 g/mol. The fourth-order valence-electron chi connectivity index (χ4n) is 2.00. The number of aromatic carboxylic acids is 1. The molecule has 0 saturated heterocycles. The van der Waals surface area contributed by atoms with Gasteiger partial charge in [0.05, 0.1) is 11.1 Å². The van der Waals surface area contributed by atoms with E-state index in [1.807, 2.05) is 6.07 Å². The quantitative estimate of drug-likeness (QED) is 0.880. The molecule has 1 aromatic heterocycles. The molecule has 0 unspecified atom stereocenters. The number of carbonyl (C=O) groups excluding carboxylic acids is 1. The predicted molar refractivity (Wildman–Crippen MR) is 78.4 cm³/mol. The lowest BCUT2D eigenvalue weighted by molar-refractivity contribution is 0.0696. The first-order valence-corrected chi connectivity index (χ1v) is 6.60. The predicted octanol–water partition coefficient (Wildman–Crippen LogP) is 2.06. The second-order valence-electron chi connectivity index (χ2n) is 4.65. The van der Waals surface area contributed by atoms with Gasteiger partial charge in [-0.3, -0.25) is 9.78 Å². The van der Waals surface area contributed by atoms with Gasteiger partial charge in [-0.05, 0) is 43.2 Å². The molecular formula is C16H16N2O3. The highest BCUT2D eigenvalue weighted by molar-refractivity contribution is 5.95. The highest BCUT2D eigenvalue weighted by Crippen LogP contribution is 2.06. The molecular weight excluding hydrogens is 268 g/mol. The van der Waals surface area contributed by atoms with Gasteiger partial charge in [0.25, 0.3) is 5.91 Å². The Balaban J connectivity index is 1.93. The van der Waals surface area contributed by atoms with Crippen LogP contribution in [0.4, 0.5) is 0 Å². The van der Waals surface area contributed by atoms with Crippen LogP contribution >= 0.6 is 0 Å². The van der Waals surface area contributed by atoms with E-state index in [9.17, 15) is 9.59 Å². The second-order valence-corrected chi connectivity index (χ2v) is 4.65. The fraction of sp³-hybridized carbons (Fsp3) is 0.188. The fourth-order valence-corrected chi connectivity index (χ4v) is 2.00. The molecule has 0 aliphatic rings. The Bertz CT molecular complexity index is 668. The van der Waals surface area contributed by atoms with E-state index in [0.717, 1.165) is 5.56 Å². The Morgan fingerprint density at radius 3 is 2.76 bits per heavy atom. The van der Waals surface area contributed by atoms with Crippen molar-refractivity contribution in [2.24, 2.45) is 0 Å². The molecule has 0 bridgehead atoms. The normalized spacial score (nSPS) is 10.1. The van der Waals surface area contributed by atoms with Crippen LogP contribution in [0.1, 0.15) is 32.0 Å². The molecule has 5 heteroatoms. The molecule has 108 valence electrons. The maximum Gasteiger partial charge on any atom is 0.335 e. The number of carboxylic acids is 1. The molecule has 1 amide bonds. The summed E-state index contributed by atoms with van der Waals surface area (Å²) in [5.74, 6) is -1.12. The number of hydrogen-bond acceptors (Lipinski definition) is 3. The summed E-state index contributed by atoms with van der Waals surface area (Å²) in [7, 11) is 0. The van der Waals surface area contributed by atoms with Gasteiger partial charge in [0.15, 0.2) is 0 Å². The number of aryl methyl sites for hydroxylation is 1. The second kappa shape index (κ2) is 6.65. The molecule has 0 spiro atoms. The summed E-state index contributed by atoms with van der Waals surface area (Å²) in [5, 5.41) is 11.7. The summed E-state index contributed by atoms with van der Waals surface area (Å²) >= 11 is 0. The van der Waals surface area contributed by atoms with Crippen molar-refractivity contribution in [1.82, 2.24) is 10.3 Å². The van der Waals surface area contributed by atoms with E-state index in [1.165, 1.54) is 0 Å². The molecule has 21 heavy (non-hydrogen) atoms. The Morgan fingerprint density at radius 1 is 1.24 bits per heavy atom. The lowest BCUT2D eigenvalue weighted by Gasteiger charge is -2.07. The summed E-state index contributed by atoms with van der Waals surface area (Å²) in [6, 6.07) is 10.1. The lowest BCUT2D eigenvalue weighted by atomic mass is 10.1. The van der Waals surface area contributed by atoms with Crippen molar-refractivity contribution in [2.45, 2.75) is 13.3 Å². The van der Waals surface area contributed by atoms with Gasteiger partial charge in [-0.1, -0.05) is 12.1 Å². The van der Waals surface area contributed by atoms with Crippen LogP contribution in [-0.2, 0) is 6.42 Å². The first-order valence-electron chi connectivity index (χ1n) is 6.60. The number of amides is 1. The number of benzene rings is 1. The highest BCUT2D eigenvalue weighted by Gasteiger charge is 2.08. The number of pyridine rings is 1. The summed E-state index contributed by atoms with van der Waals surface area (Å²) in [6.07, 6.45) is 2.22. The molecule has 1 aromatic carbocycles. The van der Waals surface area contributed by atoms with E-state index >= 15 is 0 Å². The molecule has 2 N–H and O–H groups in total. The minimum Gasteiger partial charge on any atom is -0.478 e. The molecule has 2 rings (SSSR count). The van der Waals surface area contributed by atoms with Gasteiger partial charge in [-0.15, -0.1) is 0 Å². The van der Waals surface area contributed by atoms with Crippen molar-refractivity contribution >= 4 is 11.9 Å². The van der Waals surface area contributed by atoms with Gasteiger partial charge < -0.3 is 10.4 Å². The zero-order valence-corrected chi connectivity index (χ0v) is 11.7. The summed E-state index contributed by atoms with van der Waals surface area (Å²) in [4.78, 5) is 26.9. The van der Waals surface area contributed by atoms with Gasteiger partial charge in [-0.2, -0.15) is 0 Å². The minimum absolute atomic E-state index is 0.171. The van der Waals surface area contributed by atoms with Gasteiger partial charge in [0, 0.05) is 18.4 Å². The maximum absolute atomic E-state index is 12.0. The van der Waals surface area contributed by atoms with Crippen molar-refractivity contribution in [1.29, 1.82) is 0 Å². The molecule has 0 saturated carbocycles. The van der Waals surface area contributed by atoms with Gasteiger partial charge in [0.1, 0.15) is 0 Å². The Kier molecular flexibility index (Phi) is 4.66.